The summed E-state index contributed by atoms with van der Waals surface area (Å²) in [5.74, 6) is -0.229. The van der Waals surface area contributed by atoms with Gasteiger partial charge in [0.2, 0.25) is 0 Å². The molecule has 0 saturated heterocycles. The number of benzene rings is 2. The topological polar surface area (TPSA) is 55.2 Å². The smallest absolute Gasteiger partial charge is 0.272 e. The molecule has 0 saturated carbocycles. The number of rotatable bonds is 7. The van der Waals surface area contributed by atoms with Crippen LogP contribution in [0.2, 0.25) is 0 Å². The number of hydrogen-bond donors (Lipinski definition) is 1. The van der Waals surface area contributed by atoms with E-state index in [0.29, 0.717) is 19.5 Å². The Balaban J connectivity index is 1.76. The van der Waals surface area contributed by atoms with Crippen LogP contribution in [0.25, 0.3) is 0 Å². The summed E-state index contributed by atoms with van der Waals surface area (Å²) >= 11 is 0. The molecule has 0 radical (unpaired) electrons. The van der Waals surface area contributed by atoms with Crippen LogP contribution < -0.4 is 5.32 Å². The number of halogens is 1. The van der Waals surface area contributed by atoms with Crippen molar-refractivity contribution in [1.82, 2.24) is 5.32 Å². The number of nitro benzene ring substituents is 1. The van der Waals surface area contributed by atoms with Crippen molar-refractivity contribution in [3.63, 3.8) is 0 Å². The van der Waals surface area contributed by atoms with Gasteiger partial charge in [0.15, 0.2) is 0 Å². The second kappa shape index (κ2) is 7.50. The number of nitrogens with zero attached hydrogens (tertiary/aromatic N) is 1. The molecule has 0 fully saturated rings. The molecule has 4 nitrogen and oxygen atoms in total. The molecule has 0 bridgehead atoms. The summed E-state index contributed by atoms with van der Waals surface area (Å²) < 4.78 is 13.0. The lowest BCUT2D eigenvalue weighted by atomic mass is 10.1. The van der Waals surface area contributed by atoms with Gasteiger partial charge in [-0.25, -0.2) is 4.39 Å². The largest absolute Gasteiger partial charge is 0.316 e. The van der Waals surface area contributed by atoms with Crippen molar-refractivity contribution in [2.75, 3.05) is 13.1 Å². The molecule has 0 spiro atoms. The number of nitro groups is 1. The van der Waals surface area contributed by atoms with E-state index in [4.69, 9.17) is 0 Å². The van der Waals surface area contributed by atoms with E-state index in [1.165, 1.54) is 18.2 Å². The van der Waals surface area contributed by atoms with Gasteiger partial charge in [0, 0.05) is 11.6 Å². The second-order valence-corrected chi connectivity index (χ2v) is 4.77. The van der Waals surface area contributed by atoms with Gasteiger partial charge in [0.25, 0.3) is 5.69 Å². The van der Waals surface area contributed by atoms with Gasteiger partial charge in [-0.15, -0.1) is 0 Å². The standard InChI is InChI=1S/C16H17FN2O2/c17-15-6-3-4-13(12-15)8-10-18-11-9-14-5-1-2-7-16(14)19(20)21/h1-7,12,18H,8-11H2. The van der Waals surface area contributed by atoms with Gasteiger partial charge in [-0.05, 0) is 43.6 Å². The second-order valence-electron chi connectivity index (χ2n) is 4.77. The highest BCUT2D eigenvalue weighted by Gasteiger charge is 2.11. The van der Waals surface area contributed by atoms with Crippen molar-refractivity contribution in [3.05, 3.63) is 75.6 Å². The molecule has 0 amide bonds. The van der Waals surface area contributed by atoms with Crippen molar-refractivity contribution < 1.29 is 9.31 Å². The number of nitrogens with one attached hydrogen (secondary N) is 1. The lowest BCUT2D eigenvalue weighted by molar-refractivity contribution is -0.385. The molecule has 0 heterocycles. The van der Waals surface area contributed by atoms with E-state index >= 15 is 0 Å². The van der Waals surface area contributed by atoms with Crippen LogP contribution in [0.15, 0.2) is 48.5 Å². The average molecular weight is 288 g/mol. The Morgan fingerprint density at radius 3 is 2.57 bits per heavy atom. The molecule has 2 aromatic rings. The van der Waals surface area contributed by atoms with Crippen LogP contribution in [0.5, 0.6) is 0 Å². The highest BCUT2D eigenvalue weighted by atomic mass is 19.1. The summed E-state index contributed by atoms with van der Waals surface area (Å²) in [7, 11) is 0. The highest BCUT2D eigenvalue weighted by molar-refractivity contribution is 5.39. The van der Waals surface area contributed by atoms with Crippen LogP contribution in [-0.2, 0) is 12.8 Å². The maximum Gasteiger partial charge on any atom is 0.272 e. The van der Waals surface area contributed by atoms with Crippen molar-refractivity contribution in [2.45, 2.75) is 12.8 Å². The van der Waals surface area contributed by atoms with E-state index < -0.39 is 0 Å². The molecule has 2 aromatic carbocycles. The summed E-state index contributed by atoms with van der Waals surface area (Å²) in [4.78, 5) is 10.5. The van der Waals surface area contributed by atoms with E-state index in [0.717, 1.165) is 17.5 Å². The van der Waals surface area contributed by atoms with Crippen molar-refractivity contribution in [2.24, 2.45) is 0 Å². The molecule has 21 heavy (non-hydrogen) atoms. The summed E-state index contributed by atoms with van der Waals surface area (Å²) in [6.07, 6.45) is 1.33. The molecule has 0 aliphatic heterocycles. The van der Waals surface area contributed by atoms with Crippen LogP contribution in [0.1, 0.15) is 11.1 Å². The molecule has 0 unspecified atom stereocenters. The van der Waals surface area contributed by atoms with Crippen molar-refractivity contribution in [1.29, 1.82) is 0 Å². The molecule has 5 heteroatoms. The molecule has 110 valence electrons. The minimum atomic E-state index is -0.359. The Morgan fingerprint density at radius 1 is 1.05 bits per heavy atom. The summed E-state index contributed by atoms with van der Waals surface area (Å²) in [5, 5.41) is 14.1. The van der Waals surface area contributed by atoms with E-state index in [1.807, 2.05) is 6.07 Å². The summed E-state index contributed by atoms with van der Waals surface area (Å²) in [5.41, 5.74) is 1.82. The Labute approximate surface area is 122 Å². The zero-order chi connectivity index (χ0) is 15.1. The molecule has 1 N–H and O–H groups in total. The molecule has 0 atom stereocenters. The van der Waals surface area contributed by atoms with Gasteiger partial charge < -0.3 is 5.32 Å². The summed E-state index contributed by atoms with van der Waals surface area (Å²) in [6.45, 7) is 1.37. The Bertz CT molecular complexity index is 617. The molecule has 0 aliphatic rings. The molecule has 0 aromatic heterocycles. The van der Waals surface area contributed by atoms with Crippen LogP contribution >= 0.6 is 0 Å². The first-order valence-corrected chi connectivity index (χ1v) is 6.84. The fraction of sp³-hybridized carbons (Fsp3) is 0.250. The minimum Gasteiger partial charge on any atom is -0.316 e. The fourth-order valence-electron chi connectivity index (χ4n) is 2.17. The zero-order valence-electron chi connectivity index (χ0n) is 11.6. The zero-order valence-corrected chi connectivity index (χ0v) is 11.6. The quantitative estimate of drug-likeness (QED) is 0.484. The molecule has 0 aliphatic carbocycles. The first-order chi connectivity index (χ1) is 10.2. The average Bonchev–Trinajstić information content (AvgIpc) is 2.47. The Kier molecular flexibility index (Phi) is 5.40. The van der Waals surface area contributed by atoms with E-state index in [-0.39, 0.29) is 16.4 Å². The normalized spacial score (nSPS) is 10.5. The maximum atomic E-state index is 13.0. The van der Waals surface area contributed by atoms with Crippen molar-refractivity contribution >= 4 is 5.69 Å². The molecular formula is C16H17FN2O2. The maximum absolute atomic E-state index is 13.0. The minimum absolute atomic E-state index is 0.157. The van der Waals surface area contributed by atoms with E-state index in [9.17, 15) is 14.5 Å². The predicted molar refractivity (Wildman–Crippen MR) is 79.8 cm³/mol. The first-order valence-electron chi connectivity index (χ1n) is 6.84. The Hall–Kier alpha value is -2.27. The SMILES string of the molecule is O=[N+]([O-])c1ccccc1CCNCCc1cccc(F)c1. The lowest BCUT2D eigenvalue weighted by Crippen LogP contribution is -2.20. The van der Waals surface area contributed by atoms with Gasteiger partial charge in [0.05, 0.1) is 4.92 Å². The third-order valence-corrected chi connectivity index (χ3v) is 3.24. The van der Waals surface area contributed by atoms with Crippen LogP contribution in [0.3, 0.4) is 0 Å². The lowest BCUT2D eigenvalue weighted by Gasteiger charge is -2.06. The molecular weight excluding hydrogens is 271 g/mol. The number of para-hydroxylation sites is 1. The van der Waals surface area contributed by atoms with Gasteiger partial charge in [-0.3, -0.25) is 10.1 Å². The van der Waals surface area contributed by atoms with Crippen LogP contribution in [-0.4, -0.2) is 18.0 Å². The van der Waals surface area contributed by atoms with Gasteiger partial charge in [-0.1, -0.05) is 30.3 Å². The third-order valence-electron chi connectivity index (χ3n) is 3.24. The van der Waals surface area contributed by atoms with Gasteiger partial charge in [-0.2, -0.15) is 0 Å². The van der Waals surface area contributed by atoms with Crippen molar-refractivity contribution in [3.8, 4) is 0 Å². The Morgan fingerprint density at radius 2 is 1.81 bits per heavy atom. The highest BCUT2D eigenvalue weighted by Crippen LogP contribution is 2.17. The fourth-order valence-corrected chi connectivity index (χ4v) is 2.17. The first kappa shape index (κ1) is 15.1. The third kappa shape index (κ3) is 4.65. The predicted octanol–water partition coefficient (Wildman–Crippen LogP) is 3.11. The van der Waals surface area contributed by atoms with E-state index in [1.54, 1.807) is 24.3 Å². The van der Waals surface area contributed by atoms with Gasteiger partial charge in [0.1, 0.15) is 5.82 Å². The van der Waals surface area contributed by atoms with Crippen LogP contribution in [0, 0.1) is 15.9 Å². The van der Waals surface area contributed by atoms with E-state index in [2.05, 4.69) is 5.32 Å². The summed E-state index contributed by atoms with van der Waals surface area (Å²) in [6, 6.07) is 13.3. The number of hydrogen-bond acceptors (Lipinski definition) is 3. The van der Waals surface area contributed by atoms with Crippen LogP contribution in [0.4, 0.5) is 10.1 Å². The monoisotopic (exact) mass is 288 g/mol. The van der Waals surface area contributed by atoms with Gasteiger partial charge >= 0.3 is 0 Å². The molecule has 2 rings (SSSR count).